The molecule has 164 valence electrons. The van der Waals surface area contributed by atoms with E-state index in [4.69, 9.17) is 4.74 Å². The van der Waals surface area contributed by atoms with Gasteiger partial charge in [0.15, 0.2) is 0 Å². The van der Waals surface area contributed by atoms with Crippen molar-refractivity contribution in [2.75, 3.05) is 25.6 Å². The highest BCUT2D eigenvalue weighted by Gasteiger charge is 2.48. The highest BCUT2D eigenvalue weighted by Crippen LogP contribution is 2.48. The van der Waals surface area contributed by atoms with Crippen LogP contribution in [0.5, 0.6) is 5.75 Å². The number of rotatable bonds is 5. The van der Waals surface area contributed by atoms with Crippen LogP contribution >= 0.6 is 0 Å². The third-order valence-electron chi connectivity index (χ3n) is 6.10. The molecule has 2 aromatic carbocycles. The number of nitrogens with zero attached hydrogens (tertiary/aromatic N) is 1. The lowest BCUT2D eigenvalue weighted by atomic mass is 9.83. The van der Waals surface area contributed by atoms with Crippen LogP contribution in [0, 0.1) is 17.8 Å². The summed E-state index contributed by atoms with van der Waals surface area (Å²) >= 11 is 0. The maximum absolute atomic E-state index is 13.6. The maximum atomic E-state index is 13.6. The molecule has 0 amide bonds. The van der Waals surface area contributed by atoms with Gasteiger partial charge in [0.1, 0.15) is 5.75 Å². The van der Waals surface area contributed by atoms with Gasteiger partial charge in [0.05, 0.1) is 30.7 Å². The summed E-state index contributed by atoms with van der Waals surface area (Å²) in [5.41, 5.74) is 2.66. The Morgan fingerprint density at radius 3 is 2.68 bits per heavy atom. The Kier molecular flexibility index (Phi) is 6.24. The molecule has 2 aliphatic heterocycles. The van der Waals surface area contributed by atoms with Gasteiger partial charge in [-0.15, -0.1) is 0 Å². The highest BCUT2D eigenvalue weighted by molar-refractivity contribution is 7.89. The monoisotopic (exact) mass is 440 g/mol. The molecule has 0 aliphatic carbocycles. The predicted molar refractivity (Wildman–Crippen MR) is 120 cm³/mol. The number of sulfonamides is 1. The number of hydrogen-bond acceptors (Lipinski definition) is 5. The van der Waals surface area contributed by atoms with Gasteiger partial charge >= 0.3 is 0 Å². The maximum Gasteiger partial charge on any atom is 0.243 e. The van der Waals surface area contributed by atoms with Crippen molar-refractivity contribution < 1.29 is 18.3 Å². The van der Waals surface area contributed by atoms with Crippen LogP contribution in [0.3, 0.4) is 0 Å². The topological polar surface area (TPSA) is 78.9 Å². The Morgan fingerprint density at radius 1 is 1.23 bits per heavy atom. The quantitative estimate of drug-likeness (QED) is 0.697. The lowest BCUT2D eigenvalue weighted by Crippen LogP contribution is -2.42. The van der Waals surface area contributed by atoms with E-state index in [9.17, 15) is 13.5 Å². The van der Waals surface area contributed by atoms with Gasteiger partial charge in [-0.3, -0.25) is 0 Å². The fourth-order valence-corrected chi connectivity index (χ4v) is 6.21. The Labute approximate surface area is 184 Å². The first kappa shape index (κ1) is 21.7. The predicted octanol–water partition coefficient (Wildman–Crippen LogP) is 3.39. The zero-order chi connectivity index (χ0) is 22.0. The van der Waals surface area contributed by atoms with Crippen LogP contribution in [-0.4, -0.2) is 44.1 Å². The van der Waals surface area contributed by atoms with Gasteiger partial charge in [-0.25, -0.2) is 8.42 Å². The number of benzene rings is 2. The molecule has 6 nitrogen and oxygen atoms in total. The Balaban J connectivity index is 1.75. The van der Waals surface area contributed by atoms with Crippen molar-refractivity contribution in [2.45, 2.75) is 43.2 Å². The average Bonchev–Trinajstić information content (AvgIpc) is 3.25. The molecule has 1 fully saturated rings. The Hall–Kier alpha value is -2.53. The summed E-state index contributed by atoms with van der Waals surface area (Å²) in [5, 5.41) is 13.4. The van der Waals surface area contributed by atoms with Gasteiger partial charge in [-0.2, -0.15) is 4.31 Å². The number of hydrogen-bond donors (Lipinski definition) is 2. The molecule has 3 atom stereocenters. The number of aliphatic hydroxyl groups excluding tert-OH is 1. The second kappa shape index (κ2) is 8.91. The van der Waals surface area contributed by atoms with Crippen molar-refractivity contribution in [3.63, 3.8) is 0 Å². The Bertz CT molecular complexity index is 1100. The van der Waals surface area contributed by atoms with Crippen LogP contribution in [-0.2, 0) is 10.0 Å². The molecule has 2 N–H and O–H groups in total. The van der Waals surface area contributed by atoms with Gasteiger partial charge in [-0.05, 0) is 60.9 Å². The summed E-state index contributed by atoms with van der Waals surface area (Å²) in [6, 6.07) is 11.8. The number of nitrogens with one attached hydrogen (secondary N) is 1. The lowest BCUT2D eigenvalue weighted by Gasteiger charge is -2.38. The molecule has 7 heteroatoms. The summed E-state index contributed by atoms with van der Waals surface area (Å²) < 4.78 is 33.9. The smallest absolute Gasteiger partial charge is 0.243 e. The SMILES string of the molecule is CCCC#Cc1ccc2c(c1)[C@H]1[C@H](CCN1S(=O)(=O)c1ccc(OC)cc1)[C@H](CO)N2. The second-order valence-electron chi connectivity index (χ2n) is 7.98. The van der Waals surface area contributed by atoms with E-state index in [0.717, 1.165) is 29.7 Å². The number of unbranched alkanes of at least 4 members (excludes halogenated alkanes) is 1. The van der Waals surface area contributed by atoms with E-state index in [1.54, 1.807) is 35.7 Å². The summed E-state index contributed by atoms with van der Waals surface area (Å²) in [4.78, 5) is 0.244. The highest BCUT2D eigenvalue weighted by atomic mass is 32.2. The van der Waals surface area contributed by atoms with Crippen molar-refractivity contribution >= 4 is 15.7 Å². The first-order valence-corrected chi connectivity index (χ1v) is 12.1. The van der Waals surface area contributed by atoms with Crippen molar-refractivity contribution in [1.29, 1.82) is 0 Å². The standard InChI is InChI=1S/C24H28N2O4S/c1-3-4-5-6-17-7-12-22-21(15-17)24-20(23(16-27)25-22)13-14-26(24)31(28,29)19-10-8-18(30-2)9-11-19/h7-12,15,20,23-25,27H,3-4,13-14,16H2,1-2H3/t20-,23+,24-/m1/s1. The van der Waals surface area contributed by atoms with Gasteiger partial charge < -0.3 is 15.2 Å². The zero-order valence-corrected chi connectivity index (χ0v) is 18.7. The molecule has 2 aromatic rings. The number of fused-ring (bicyclic) bond motifs is 3. The molecular weight excluding hydrogens is 412 g/mol. The minimum Gasteiger partial charge on any atom is -0.497 e. The Morgan fingerprint density at radius 2 is 2.00 bits per heavy atom. The van der Waals surface area contributed by atoms with E-state index in [1.807, 2.05) is 18.2 Å². The van der Waals surface area contributed by atoms with E-state index in [0.29, 0.717) is 18.7 Å². The van der Waals surface area contributed by atoms with E-state index in [-0.39, 0.29) is 29.5 Å². The van der Waals surface area contributed by atoms with Gasteiger partial charge in [-0.1, -0.05) is 18.8 Å². The molecule has 0 saturated carbocycles. The summed E-state index contributed by atoms with van der Waals surface area (Å²) in [7, 11) is -2.16. The zero-order valence-electron chi connectivity index (χ0n) is 17.8. The van der Waals surface area contributed by atoms with Crippen molar-refractivity contribution in [2.24, 2.45) is 5.92 Å². The van der Waals surface area contributed by atoms with E-state index >= 15 is 0 Å². The van der Waals surface area contributed by atoms with Gasteiger partial charge in [0, 0.05) is 30.1 Å². The fraction of sp³-hybridized carbons (Fsp3) is 0.417. The fourth-order valence-electron chi connectivity index (χ4n) is 4.54. The van der Waals surface area contributed by atoms with E-state index < -0.39 is 10.0 Å². The molecule has 0 spiro atoms. The first-order chi connectivity index (χ1) is 15.0. The molecule has 4 rings (SSSR count). The number of ether oxygens (including phenoxy) is 1. The molecule has 0 bridgehead atoms. The van der Waals surface area contributed by atoms with Crippen LogP contribution in [0.25, 0.3) is 0 Å². The van der Waals surface area contributed by atoms with E-state index in [1.165, 1.54) is 0 Å². The average molecular weight is 441 g/mol. The minimum atomic E-state index is -3.71. The van der Waals surface area contributed by atoms with Crippen LogP contribution in [0.1, 0.15) is 43.4 Å². The number of methoxy groups -OCH3 is 1. The van der Waals surface area contributed by atoms with Gasteiger partial charge in [0.25, 0.3) is 0 Å². The number of aliphatic hydroxyl groups is 1. The molecule has 0 aromatic heterocycles. The van der Waals surface area contributed by atoms with Crippen molar-refractivity contribution in [1.82, 2.24) is 4.31 Å². The van der Waals surface area contributed by atoms with Gasteiger partial charge in [0.2, 0.25) is 10.0 Å². The molecule has 31 heavy (non-hydrogen) atoms. The molecule has 0 unspecified atom stereocenters. The third-order valence-corrected chi connectivity index (χ3v) is 7.99. The van der Waals surface area contributed by atoms with Crippen LogP contribution in [0.15, 0.2) is 47.4 Å². The molecule has 0 radical (unpaired) electrons. The summed E-state index contributed by atoms with van der Waals surface area (Å²) in [5.74, 6) is 6.95. The molecular formula is C24H28N2O4S. The van der Waals surface area contributed by atoms with Crippen LogP contribution in [0.2, 0.25) is 0 Å². The number of anilines is 1. The summed E-state index contributed by atoms with van der Waals surface area (Å²) in [6.07, 6.45) is 2.51. The summed E-state index contributed by atoms with van der Waals surface area (Å²) in [6.45, 7) is 2.45. The third kappa shape index (κ3) is 4.03. The van der Waals surface area contributed by atoms with E-state index in [2.05, 4.69) is 24.1 Å². The van der Waals surface area contributed by atoms with Crippen molar-refractivity contribution in [3.05, 3.63) is 53.6 Å². The molecule has 2 heterocycles. The van der Waals surface area contributed by atoms with Crippen molar-refractivity contribution in [3.8, 4) is 17.6 Å². The minimum absolute atomic E-state index is 0.00984. The largest absolute Gasteiger partial charge is 0.497 e. The second-order valence-corrected chi connectivity index (χ2v) is 9.87. The molecule has 2 aliphatic rings. The molecule has 1 saturated heterocycles. The van der Waals surface area contributed by atoms with Crippen LogP contribution in [0.4, 0.5) is 5.69 Å². The normalized spacial score (nSPS) is 22.6. The first-order valence-electron chi connectivity index (χ1n) is 10.7. The lowest BCUT2D eigenvalue weighted by molar-refractivity contribution is 0.210. The van der Waals surface area contributed by atoms with Crippen LogP contribution < -0.4 is 10.1 Å².